The van der Waals surface area contributed by atoms with E-state index in [1.807, 2.05) is 6.07 Å². The molecule has 2 heterocycles. The molecule has 158 valence electrons. The first-order valence-corrected chi connectivity index (χ1v) is 11.0. The van der Waals surface area contributed by atoms with E-state index in [1.165, 1.54) is 5.56 Å². The number of nitrogens with zero attached hydrogens (tertiary/aromatic N) is 2. The minimum absolute atomic E-state index is 0.132. The lowest BCUT2D eigenvalue weighted by atomic mass is 10.0. The predicted octanol–water partition coefficient (Wildman–Crippen LogP) is 3.58. The minimum Gasteiger partial charge on any atom is -0.503 e. The van der Waals surface area contributed by atoms with Crippen LogP contribution in [0.3, 0.4) is 0 Å². The summed E-state index contributed by atoms with van der Waals surface area (Å²) in [5, 5.41) is 14.0. The van der Waals surface area contributed by atoms with Crippen molar-refractivity contribution in [3.8, 4) is 5.75 Å². The Morgan fingerprint density at radius 1 is 1.03 bits per heavy atom. The van der Waals surface area contributed by atoms with E-state index >= 15 is 0 Å². The SMILES string of the molecule is O=c1c(O)c(CNC2CCN(Cc3ccccc3)CC2)ccn1CC1=CCCC=C1. The van der Waals surface area contributed by atoms with Gasteiger partial charge in [-0.05, 0) is 56.0 Å². The summed E-state index contributed by atoms with van der Waals surface area (Å²) in [6, 6.07) is 12.9. The van der Waals surface area contributed by atoms with Gasteiger partial charge >= 0.3 is 0 Å². The number of benzene rings is 1. The fourth-order valence-electron chi connectivity index (χ4n) is 4.24. The van der Waals surface area contributed by atoms with Crippen LogP contribution in [0.1, 0.15) is 36.8 Å². The molecule has 0 amide bonds. The lowest BCUT2D eigenvalue weighted by Crippen LogP contribution is -2.42. The minimum atomic E-state index is -0.313. The molecule has 0 saturated carbocycles. The molecule has 1 aromatic carbocycles. The van der Waals surface area contributed by atoms with E-state index in [0.29, 0.717) is 24.7 Å². The summed E-state index contributed by atoms with van der Waals surface area (Å²) in [6.45, 7) is 4.15. The number of pyridine rings is 1. The third-order valence-corrected chi connectivity index (χ3v) is 6.07. The van der Waals surface area contributed by atoms with Gasteiger partial charge in [-0.15, -0.1) is 0 Å². The van der Waals surface area contributed by atoms with E-state index in [4.69, 9.17) is 0 Å². The molecule has 30 heavy (non-hydrogen) atoms. The highest BCUT2D eigenvalue weighted by Crippen LogP contribution is 2.17. The van der Waals surface area contributed by atoms with Crippen LogP contribution in [0.4, 0.5) is 0 Å². The van der Waals surface area contributed by atoms with Crippen molar-refractivity contribution in [1.29, 1.82) is 0 Å². The highest BCUT2D eigenvalue weighted by atomic mass is 16.3. The molecule has 2 N–H and O–H groups in total. The summed E-state index contributed by atoms with van der Waals surface area (Å²) in [5.41, 5.74) is 2.84. The van der Waals surface area contributed by atoms with E-state index < -0.39 is 0 Å². The van der Waals surface area contributed by atoms with Gasteiger partial charge in [-0.25, -0.2) is 0 Å². The van der Waals surface area contributed by atoms with E-state index in [-0.39, 0.29) is 11.3 Å². The number of aromatic hydroxyl groups is 1. The van der Waals surface area contributed by atoms with Crippen molar-refractivity contribution in [3.05, 3.63) is 87.9 Å². The van der Waals surface area contributed by atoms with Crippen LogP contribution in [-0.4, -0.2) is 33.7 Å². The van der Waals surface area contributed by atoms with Gasteiger partial charge in [0.25, 0.3) is 5.56 Å². The van der Waals surface area contributed by atoms with Gasteiger partial charge in [0.2, 0.25) is 0 Å². The van der Waals surface area contributed by atoms with Crippen LogP contribution in [0.15, 0.2) is 71.2 Å². The third-order valence-electron chi connectivity index (χ3n) is 6.07. The van der Waals surface area contributed by atoms with E-state index in [1.54, 1.807) is 10.8 Å². The number of hydrogen-bond donors (Lipinski definition) is 2. The molecule has 1 aromatic heterocycles. The maximum Gasteiger partial charge on any atom is 0.293 e. The van der Waals surface area contributed by atoms with Crippen molar-refractivity contribution >= 4 is 0 Å². The fourth-order valence-corrected chi connectivity index (χ4v) is 4.24. The molecule has 1 aliphatic heterocycles. The Labute approximate surface area is 178 Å². The molecule has 4 rings (SSSR count). The lowest BCUT2D eigenvalue weighted by Gasteiger charge is -2.32. The molecule has 5 heteroatoms. The standard InChI is InChI=1S/C25H31N3O2/c29-24-22(11-16-28(25(24)30)19-21-9-5-2-6-10-21)17-26-23-12-14-27(15-13-23)18-20-7-3-1-4-8-20/h1,3-5,7-11,16,23,26,29H,2,6,12-15,17-19H2. The van der Waals surface area contributed by atoms with E-state index in [9.17, 15) is 9.90 Å². The molecule has 1 aliphatic carbocycles. The first-order valence-electron chi connectivity index (χ1n) is 11.0. The maximum atomic E-state index is 12.6. The Bertz CT molecular complexity index is 954. The van der Waals surface area contributed by atoms with Crippen molar-refractivity contribution in [1.82, 2.24) is 14.8 Å². The van der Waals surface area contributed by atoms with E-state index in [2.05, 4.69) is 58.8 Å². The molecule has 0 bridgehead atoms. The van der Waals surface area contributed by atoms with Gasteiger partial charge in [0, 0.05) is 30.9 Å². The smallest absolute Gasteiger partial charge is 0.293 e. The van der Waals surface area contributed by atoms with Gasteiger partial charge in [0.15, 0.2) is 5.75 Å². The molecular formula is C25H31N3O2. The van der Waals surface area contributed by atoms with Crippen LogP contribution in [0.25, 0.3) is 0 Å². The van der Waals surface area contributed by atoms with Crippen LogP contribution in [-0.2, 0) is 19.6 Å². The van der Waals surface area contributed by atoms with Crippen molar-refractivity contribution < 1.29 is 5.11 Å². The number of hydrogen-bond acceptors (Lipinski definition) is 4. The van der Waals surface area contributed by atoms with Crippen LogP contribution in [0, 0.1) is 0 Å². The quantitative estimate of drug-likeness (QED) is 0.739. The summed E-state index contributed by atoms with van der Waals surface area (Å²) >= 11 is 0. The van der Waals surface area contributed by atoms with Crippen molar-refractivity contribution in [2.24, 2.45) is 0 Å². The van der Waals surface area contributed by atoms with Crippen LogP contribution >= 0.6 is 0 Å². The Morgan fingerprint density at radius 2 is 1.83 bits per heavy atom. The topological polar surface area (TPSA) is 57.5 Å². The van der Waals surface area contributed by atoms with Crippen LogP contribution in [0.2, 0.25) is 0 Å². The number of aromatic nitrogens is 1. The summed E-state index contributed by atoms with van der Waals surface area (Å²) < 4.78 is 1.59. The van der Waals surface area contributed by atoms with Gasteiger partial charge in [0.05, 0.1) is 6.54 Å². The van der Waals surface area contributed by atoms with Gasteiger partial charge in [0.1, 0.15) is 0 Å². The molecule has 5 nitrogen and oxygen atoms in total. The van der Waals surface area contributed by atoms with Crippen molar-refractivity contribution in [2.75, 3.05) is 13.1 Å². The Kier molecular flexibility index (Phi) is 6.82. The molecule has 0 spiro atoms. The molecular weight excluding hydrogens is 374 g/mol. The van der Waals surface area contributed by atoms with Gasteiger partial charge < -0.3 is 15.0 Å². The third kappa shape index (κ3) is 5.29. The molecule has 1 saturated heterocycles. The highest BCUT2D eigenvalue weighted by Gasteiger charge is 2.19. The molecule has 2 aromatic rings. The average molecular weight is 406 g/mol. The Morgan fingerprint density at radius 3 is 2.57 bits per heavy atom. The van der Waals surface area contributed by atoms with Crippen LogP contribution < -0.4 is 10.9 Å². The molecule has 1 fully saturated rings. The monoisotopic (exact) mass is 405 g/mol. The number of nitrogens with one attached hydrogen (secondary N) is 1. The maximum absolute atomic E-state index is 12.6. The summed E-state index contributed by atoms with van der Waals surface area (Å²) in [7, 11) is 0. The molecule has 0 radical (unpaired) electrons. The van der Waals surface area contributed by atoms with Crippen molar-refractivity contribution in [2.45, 2.75) is 51.4 Å². The zero-order valence-corrected chi connectivity index (χ0v) is 17.5. The zero-order chi connectivity index (χ0) is 20.8. The highest BCUT2D eigenvalue weighted by molar-refractivity contribution is 5.30. The average Bonchev–Trinajstić information content (AvgIpc) is 2.79. The summed E-state index contributed by atoms with van der Waals surface area (Å²) in [5.74, 6) is -0.132. The van der Waals surface area contributed by atoms with E-state index in [0.717, 1.165) is 50.9 Å². The number of allylic oxidation sites excluding steroid dienone is 4. The zero-order valence-electron chi connectivity index (χ0n) is 17.5. The lowest BCUT2D eigenvalue weighted by molar-refractivity contribution is 0.190. The Hall–Kier alpha value is -2.63. The number of piperidine rings is 1. The van der Waals surface area contributed by atoms with Gasteiger partial charge in [-0.2, -0.15) is 0 Å². The number of rotatable bonds is 7. The normalized spacial score (nSPS) is 17.8. The predicted molar refractivity (Wildman–Crippen MR) is 120 cm³/mol. The molecule has 0 atom stereocenters. The number of likely N-dealkylation sites (tertiary alicyclic amines) is 1. The van der Waals surface area contributed by atoms with Gasteiger partial charge in [-0.1, -0.05) is 48.6 Å². The van der Waals surface area contributed by atoms with Crippen molar-refractivity contribution in [3.63, 3.8) is 0 Å². The fraction of sp³-hybridized carbons (Fsp3) is 0.400. The summed E-state index contributed by atoms with van der Waals surface area (Å²) in [6.07, 6.45) is 12.4. The molecule has 0 unspecified atom stereocenters. The largest absolute Gasteiger partial charge is 0.503 e. The second-order valence-corrected chi connectivity index (χ2v) is 8.30. The second-order valence-electron chi connectivity index (χ2n) is 8.30. The van der Waals surface area contributed by atoms with Crippen LogP contribution in [0.5, 0.6) is 5.75 Å². The first-order chi connectivity index (χ1) is 14.7. The summed E-state index contributed by atoms with van der Waals surface area (Å²) in [4.78, 5) is 15.0. The second kappa shape index (κ2) is 9.92. The first kappa shape index (κ1) is 20.6. The van der Waals surface area contributed by atoms with Gasteiger partial charge in [-0.3, -0.25) is 9.69 Å². The Balaban J connectivity index is 1.28. The molecule has 2 aliphatic rings.